The number of nitrogens with zero attached hydrogens (tertiary/aromatic N) is 4. The smallest absolute Gasteiger partial charge is 0.222 e. The number of hydrogen-bond donors (Lipinski definition) is 2. The molecule has 0 fully saturated rings. The largest absolute Gasteiger partial charge is 0.497 e. The maximum atomic E-state index is 13.1. The van der Waals surface area contributed by atoms with E-state index in [9.17, 15) is 9.59 Å². The maximum absolute atomic E-state index is 13.1. The fourth-order valence-electron chi connectivity index (χ4n) is 4.74. The zero-order valence-electron chi connectivity index (χ0n) is 23.4. The molecular weight excluding hydrogens is 558 g/mol. The Bertz CT molecular complexity index is 1580. The van der Waals surface area contributed by atoms with E-state index in [1.54, 1.807) is 7.11 Å². The summed E-state index contributed by atoms with van der Waals surface area (Å²) in [6.07, 6.45) is 0.0747. The SMILES string of the molecule is COc1ccc2c(c1)C(c1ccc(Cl)cc1)=N[C@@H](CC(=O)NCCOc1ccc([Si](C)(C)O)cc1)c1nnc(C)n1-2. The molecule has 1 aliphatic rings. The minimum absolute atomic E-state index is 0.0747. The fraction of sp³-hybridized carbons (Fsp3) is 0.267. The van der Waals surface area contributed by atoms with Crippen molar-refractivity contribution in [1.29, 1.82) is 0 Å². The summed E-state index contributed by atoms with van der Waals surface area (Å²) in [5.74, 6) is 2.46. The Morgan fingerprint density at radius 1 is 1.05 bits per heavy atom. The summed E-state index contributed by atoms with van der Waals surface area (Å²) in [4.78, 5) is 28.4. The van der Waals surface area contributed by atoms with Crippen LogP contribution >= 0.6 is 11.6 Å². The van der Waals surface area contributed by atoms with Gasteiger partial charge in [0.1, 0.15) is 30.0 Å². The van der Waals surface area contributed by atoms with Crippen molar-refractivity contribution in [3.8, 4) is 17.2 Å². The Labute approximate surface area is 245 Å². The molecule has 0 aliphatic carbocycles. The second kappa shape index (κ2) is 11.9. The van der Waals surface area contributed by atoms with Gasteiger partial charge in [0.15, 0.2) is 5.82 Å². The van der Waals surface area contributed by atoms with Crippen molar-refractivity contribution in [2.75, 3.05) is 20.3 Å². The molecule has 11 heteroatoms. The number of aromatic nitrogens is 3. The standard InChI is InChI=1S/C30H32ClN5O4Si/c1-19-34-35-30-26(18-28(37)32-15-16-40-22-9-12-24(13-10-22)41(3,4)38)33-29(20-5-7-21(31)8-6-20)25-17-23(39-2)11-14-27(25)36(19)30/h5-14,17,26,38H,15-16,18H2,1-4H3,(H,32,37)/t26-/m0/s1. The van der Waals surface area contributed by atoms with Gasteiger partial charge in [0.05, 0.1) is 31.5 Å². The number of carbonyl (C=O) groups excluding carboxylic acids is 1. The van der Waals surface area contributed by atoms with Crippen molar-refractivity contribution in [1.82, 2.24) is 20.1 Å². The highest BCUT2D eigenvalue weighted by Gasteiger charge is 2.30. The van der Waals surface area contributed by atoms with Crippen LogP contribution in [0.5, 0.6) is 11.5 Å². The molecule has 3 aromatic carbocycles. The van der Waals surface area contributed by atoms with E-state index in [0.717, 1.165) is 22.0 Å². The third kappa shape index (κ3) is 6.35. The van der Waals surface area contributed by atoms with Gasteiger partial charge in [-0.15, -0.1) is 10.2 Å². The first-order chi connectivity index (χ1) is 19.6. The number of amides is 1. The summed E-state index contributed by atoms with van der Waals surface area (Å²) in [5.41, 5.74) is 3.26. The van der Waals surface area contributed by atoms with Crippen LogP contribution in [0.2, 0.25) is 18.1 Å². The normalized spacial score (nSPS) is 14.4. The number of methoxy groups -OCH3 is 1. The highest BCUT2D eigenvalue weighted by Crippen LogP contribution is 2.34. The van der Waals surface area contributed by atoms with E-state index in [4.69, 9.17) is 26.1 Å². The third-order valence-corrected chi connectivity index (χ3v) is 8.88. The van der Waals surface area contributed by atoms with Gasteiger partial charge < -0.3 is 19.6 Å². The fourth-order valence-corrected chi connectivity index (χ4v) is 5.85. The van der Waals surface area contributed by atoms with Gasteiger partial charge in [0.25, 0.3) is 0 Å². The number of aryl methyl sites for hydroxylation is 1. The molecule has 212 valence electrons. The number of ether oxygens (including phenoxy) is 2. The molecule has 0 radical (unpaired) electrons. The number of benzene rings is 3. The Morgan fingerprint density at radius 3 is 2.44 bits per heavy atom. The van der Waals surface area contributed by atoms with Crippen molar-refractivity contribution in [3.05, 3.63) is 94.5 Å². The van der Waals surface area contributed by atoms with Crippen molar-refractivity contribution < 1.29 is 19.1 Å². The van der Waals surface area contributed by atoms with Gasteiger partial charge in [-0.1, -0.05) is 35.9 Å². The zero-order chi connectivity index (χ0) is 29.1. The van der Waals surface area contributed by atoms with Crippen LogP contribution in [0.3, 0.4) is 0 Å². The Morgan fingerprint density at radius 2 is 1.76 bits per heavy atom. The summed E-state index contributed by atoms with van der Waals surface area (Å²) in [6, 6.07) is 20.1. The molecular formula is C30H32ClN5O4Si. The Hall–Kier alpha value is -3.99. The topological polar surface area (TPSA) is 111 Å². The van der Waals surface area contributed by atoms with Crippen LogP contribution in [0.1, 0.15) is 35.2 Å². The lowest BCUT2D eigenvalue weighted by Crippen LogP contribution is -2.41. The second-order valence-electron chi connectivity index (χ2n) is 10.3. The number of halogens is 1. The van der Waals surface area contributed by atoms with Gasteiger partial charge in [0.2, 0.25) is 14.2 Å². The minimum Gasteiger partial charge on any atom is -0.497 e. The predicted molar refractivity (Wildman–Crippen MR) is 161 cm³/mol. The highest BCUT2D eigenvalue weighted by atomic mass is 35.5. The molecule has 4 aromatic rings. The molecule has 0 saturated heterocycles. The van der Waals surface area contributed by atoms with Gasteiger partial charge in [-0.05, 0) is 67.7 Å². The molecule has 2 N–H and O–H groups in total. The minimum atomic E-state index is -2.36. The Kier molecular flexibility index (Phi) is 8.25. The predicted octanol–water partition coefficient (Wildman–Crippen LogP) is 4.12. The molecule has 41 heavy (non-hydrogen) atoms. The zero-order valence-corrected chi connectivity index (χ0v) is 25.1. The molecule has 1 amide bonds. The van der Waals surface area contributed by atoms with E-state index in [1.165, 1.54) is 0 Å². The van der Waals surface area contributed by atoms with Crippen molar-refractivity contribution in [2.24, 2.45) is 4.99 Å². The van der Waals surface area contributed by atoms with Crippen LogP contribution < -0.4 is 20.0 Å². The van der Waals surface area contributed by atoms with E-state index in [0.29, 0.717) is 47.0 Å². The molecule has 1 atom stereocenters. The van der Waals surface area contributed by atoms with Gasteiger partial charge in [-0.25, -0.2) is 0 Å². The van der Waals surface area contributed by atoms with E-state index >= 15 is 0 Å². The van der Waals surface area contributed by atoms with E-state index in [-0.39, 0.29) is 12.3 Å². The molecule has 0 saturated carbocycles. The summed E-state index contributed by atoms with van der Waals surface area (Å²) < 4.78 is 13.3. The lowest BCUT2D eigenvalue weighted by molar-refractivity contribution is -0.121. The van der Waals surface area contributed by atoms with E-state index < -0.39 is 14.4 Å². The van der Waals surface area contributed by atoms with E-state index in [1.807, 2.05) is 91.3 Å². The molecule has 9 nitrogen and oxygen atoms in total. The number of carbonyl (C=O) groups is 1. The summed E-state index contributed by atoms with van der Waals surface area (Å²) >= 11 is 6.18. The number of aliphatic imine (C=N–C) groups is 1. The first kappa shape index (κ1) is 28.5. The molecule has 0 spiro atoms. The highest BCUT2D eigenvalue weighted by molar-refractivity contribution is 6.83. The maximum Gasteiger partial charge on any atom is 0.222 e. The van der Waals surface area contributed by atoms with Gasteiger partial charge in [-0.2, -0.15) is 0 Å². The quantitative estimate of drug-likeness (QED) is 0.224. The van der Waals surface area contributed by atoms with Gasteiger partial charge in [0, 0.05) is 16.1 Å². The summed E-state index contributed by atoms with van der Waals surface area (Å²) in [5, 5.41) is 13.2. The number of rotatable bonds is 9. The monoisotopic (exact) mass is 589 g/mol. The van der Waals surface area contributed by atoms with Crippen molar-refractivity contribution >= 4 is 36.7 Å². The lowest BCUT2D eigenvalue weighted by Gasteiger charge is -2.15. The number of nitrogens with one attached hydrogen (secondary N) is 1. The van der Waals surface area contributed by atoms with E-state index in [2.05, 4.69) is 15.5 Å². The second-order valence-corrected chi connectivity index (χ2v) is 14.4. The molecule has 2 heterocycles. The molecule has 0 bridgehead atoms. The van der Waals surface area contributed by atoms with Crippen LogP contribution in [-0.4, -0.2) is 59.8 Å². The average molecular weight is 590 g/mol. The number of fused-ring (bicyclic) bond motifs is 3. The third-order valence-electron chi connectivity index (χ3n) is 6.88. The Balaban J connectivity index is 1.36. The summed E-state index contributed by atoms with van der Waals surface area (Å²) in [6.45, 7) is 6.24. The molecule has 0 unspecified atom stereocenters. The van der Waals surface area contributed by atoms with Crippen LogP contribution in [0.25, 0.3) is 5.69 Å². The van der Waals surface area contributed by atoms with Crippen LogP contribution in [0.4, 0.5) is 0 Å². The lowest BCUT2D eigenvalue weighted by atomic mass is 10.00. The summed E-state index contributed by atoms with van der Waals surface area (Å²) in [7, 11) is -0.738. The van der Waals surface area contributed by atoms with Crippen LogP contribution in [0, 0.1) is 6.92 Å². The molecule has 1 aromatic heterocycles. The first-order valence-corrected chi connectivity index (χ1v) is 16.6. The van der Waals surface area contributed by atoms with Gasteiger partial charge in [-0.3, -0.25) is 14.4 Å². The number of hydrogen-bond acceptors (Lipinski definition) is 7. The molecule has 1 aliphatic heterocycles. The van der Waals surface area contributed by atoms with Crippen molar-refractivity contribution in [2.45, 2.75) is 32.5 Å². The van der Waals surface area contributed by atoms with Crippen LogP contribution in [0.15, 0.2) is 71.7 Å². The average Bonchev–Trinajstić information content (AvgIpc) is 3.28. The van der Waals surface area contributed by atoms with Gasteiger partial charge >= 0.3 is 0 Å². The van der Waals surface area contributed by atoms with Crippen molar-refractivity contribution in [3.63, 3.8) is 0 Å². The first-order valence-electron chi connectivity index (χ1n) is 13.3. The molecule has 5 rings (SSSR count). The van der Waals surface area contributed by atoms with Crippen LogP contribution in [-0.2, 0) is 4.79 Å².